The van der Waals surface area contributed by atoms with Crippen LogP contribution in [0, 0.1) is 6.92 Å². The SMILES string of the molecule is CO.Cc1c(C=O)cc2c(-c3ccnc(Cl)c3)ccn2c1C(C)N1CCN(CC(F)(F)F)CC1. The number of alkyl halides is 3. The highest BCUT2D eigenvalue weighted by atomic mass is 35.5. The number of rotatable bonds is 5. The molecule has 1 aliphatic rings. The van der Waals surface area contributed by atoms with E-state index in [0.717, 1.165) is 41.3 Å². The van der Waals surface area contributed by atoms with Gasteiger partial charge in [-0.05, 0) is 49.2 Å². The maximum absolute atomic E-state index is 12.7. The lowest BCUT2D eigenvalue weighted by Crippen LogP contribution is -2.49. The Labute approximate surface area is 201 Å². The lowest BCUT2D eigenvalue weighted by molar-refractivity contribution is -0.149. The number of hydrogen-bond acceptors (Lipinski definition) is 5. The summed E-state index contributed by atoms with van der Waals surface area (Å²) in [5.41, 5.74) is 5.12. The van der Waals surface area contributed by atoms with Gasteiger partial charge in [-0.1, -0.05) is 11.6 Å². The van der Waals surface area contributed by atoms with Gasteiger partial charge in [-0.2, -0.15) is 13.2 Å². The molecule has 1 aliphatic heterocycles. The van der Waals surface area contributed by atoms with Crippen LogP contribution in [-0.4, -0.2) is 76.6 Å². The van der Waals surface area contributed by atoms with E-state index in [9.17, 15) is 18.0 Å². The zero-order valence-corrected chi connectivity index (χ0v) is 20.1. The molecule has 184 valence electrons. The molecule has 0 amide bonds. The zero-order valence-electron chi connectivity index (χ0n) is 19.3. The molecule has 3 aromatic heterocycles. The van der Waals surface area contributed by atoms with Gasteiger partial charge in [-0.15, -0.1) is 0 Å². The van der Waals surface area contributed by atoms with Crippen molar-refractivity contribution in [3.63, 3.8) is 0 Å². The van der Waals surface area contributed by atoms with Crippen LogP contribution in [0.3, 0.4) is 0 Å². The Balaban J connectivity index is 0.00000158. The largest absolute Gasteiger partial charge is 0.401 e. The number of carbonyl (C=O) groups is 1. The minimum Gasteiger partial charge on any atom is -0.400 e. The number of aliphatic hydroxyl groups excluding tert-OH is 1. The standard InChI is InChI=1S/C23H24ClF3N4O.CH4O/c1-15-18(13-32)11-20-19(17-3-5-28-21(24)12-17)4-6-31(20)22(15)16(2)30-9-7-29(8-10-30)14-23(25,26)27;1-2/h3-6,11-13,16H,7-10,14H2,1-2H3;2H,1H3. The first-order chi connectivity index (χ1) is 16.2. The smallest absolute Gasteiger partial charge is 0.400 e. The van der Waals surface area contributed by atoms with Gasteiger partial charge < -0.3 is 9.51 Å². The Kier molecular flexibility index (Phi) is 8.35. The normalized spacial score (nSPS) is 16.2. The van der Waals surface area contributed by atoms with Crippen LogP contribution in [0.5, 0.6) is 0 Å². The number of hydrogen-bond donors (Lipinski definition) is 1. The van der Waals surface area contributed by atoms with Crippen LogP contribution in [-0.2, 0) is 0 Å². The van der Waals surface area contributed by atoms with E-state index in [1.54, 1.807) is 12.3 Å². The fourth-order valence-corrected chi connectivity index (χ4v) is 4.75. The van der Waals surface area contributed by atoms with Gasteiger partial charge in [0, 0.05) is 68.5 Å². The second-order valence-corrected chi connectivity index (χ2v) is 8.57. The Bertz CT molecular complexity index is 1140. The summed E-state index contributed by atoms with van der Waals surface area (Å²) in [7, 11) is 1.00. The maximum Gasteiger partial charge on any atom is 0.401 e. The molecule has 1 unspecified atom stereocenters. The van der Waals surface area contributed by atoms with Crippen molar-refractivity contribution >= 4 is 23.4 Å². The summed E-state index contributed by atoms with van der Waals surface area (Å²) in [6.07, 6.45) is 0.266. The molecule has 1 atom stereocenters. The predicted molar refractivity (Wildman–Crippen MR) is 126 cm³/mol. The highest BCUT2D eigenvalue weighted by Gasteiger charge is 2.33. The van der Waals surface area contributed by atoms with Crippen LogP contribution >= 0.6 is 11.6 Å². The van der Waals surface area contributed by atoms with Crippen LogP contribution in [0.2, 0.25) is 5.15 Å². The first kappa shape index (κ1) is 26.2. The van der Waals surface area contributed by atoms with Crippen LogP contribution in [0.1, 0.15) is 34.6 Å². The van der Waals surface area contributed by atoms with Crippen molar-refractivity contribution in [2.45, 2.75) is 26.1 Å². The summed E-state index contributed by atoms with van der Waals surface area (Å²) >= 11 is 6.08. The van der Waals surface area contributed by atoms with Crippen molar-refractivity contribution in [2.24, 2.45) is 0 Å². The van der Waals surface area contributed by atoms with Crippen molar-refractivity contribution in [1.82, 2.24) is 19.2 Å². The third-order valence-electron chi connectivity index (χ3n) is 6.21. The number of pyridine rings is 2. The average Bonchev–Trinajstić information content (AvgIpc) is 3.22. The van der Waals surface area contributed by atoms with Crippen molar-refractivity contribution in [1.29, 1.82) is 0 Å². The number of halogens is 4. The molecule has 0 spiro atoms. The third kappa shape index (κ3) is 5.60. The molecule has 4 rings (SSSR count). The lowest BCUT2D eigenvalue weighted by atomic mass is 10.00. The molecule has 3 aromatic rings. The van der Waals surface area contributed by atoms with Crippen LogP contribution in [0.4, 0.5) is 13.2 Å². The first-order valence-corrected chi connectivity index (χ1v) is 11.3. The molecule has 34 heavy (non-hydrogen) atoms. The summed E-state index contributed by atoms with van der Waals surface area (Å²) in [6, 6.07) is 7.41. The second kappa shape index (κ2) is 10.9. The molecular weight excluding hydrogens is 469 g/mol. The maximum atomic E-state index is 12.7. The molecule has 10 heteroatoms. The molecule has 0 bridgehead atoms. The van der Waals surface area contributed by atoms with Gasteiger partial charge in [0.25, 0.3) is 0 Å². The molecule has 1 N–H and O–H groups in total. The van der Waals surface area contributed by atoms with Crippen molar-refractivity contribution in [3.8, 4) is 11.1 Å². The molecule has 0 aliphatic carbocycles. The monoisotopic (exact) mass is 496 g/mol. The zero-order chi connectivity index (χ0) is 25.0. The van der Waals surface area contributed by atoms with Crippen LogP contribution in [0.15, 0.2) is 36.7 Å². The van der Waals surface area contributed by atoms with Crippen LogP contribution in [0.25, 0.3) is 16.6 Å². The number of nitrogens with zero attached hydrogens (tertiary/aromatic N) is 4. The summed E-state index contributed by atoms with van der Waals surface area (Å²) in [6.45, 7) is 4.83. The van der Waals surface area contributed by atoms with Gasteiger partial charge in [-0.3, -0.25) is 14.6 Å². The van der Waals surface area contributed by atoms with E-state index in [4.69, 9.17) is 16.7 Å². The molecule has 4 heterocycles. The molecule has 6 nitrogen and oxygen atoms in total. The fraction of sp³-hybridized carbons (Fsp3) is 0.417. The number of aldehydes is 1. The average molecular weight is 497 g/mol. The molecule has 0 aromatic carbocycles. The highest BCUT2D eigenvalue weighted by molar-refractivity contribution is 6.29. The minimum absolute atomic E-state index is 0.0771. The van der Waals surface area contributed by atoms with Gasteiger partial charge in [-0.25, -0.2) is 4.98 Å². The molecule has 0 saturated carbocycles. The van der Waals surface area contributed by atoms with Crippen molar-refractivity contribution < 1.29 is 23.1 Å². The quantitative estimate of drug-likeness (QED) is 0.412. The minimum atomic E-state index is -4.19. The van der Waals surface area contributed by atoms with E-state index in [1.807, 2.05) is 38.2 Å². The highest BCUT2D eigenvalue weighted by Crippen LogP contribution is 2.34. The predicted octanol–water partition coefficient (Wildman–Crippen LogP) is 4.63. The fourth-order valence-electron chi connectivity index (χ4n) is 4.57. The van der Waals surface area contributed by atoms with E-state index in [2.05, 4.69) is 14.3 Å². The van der Waals surface area contributed by atoms with Gasteiger partial charge in [0.15, 0.2) is 0 Å². The van der Waals surface area contributed by atoms with E-state index in [1.165, 1.54) is 4.90 Å². The molecule has 1 fully saturated rings. The van der Waals surface area contributed by atoms with Crippen molar-refractivity contribution in [2.75, 3.05) is 39.8 Å². The number of fused-ring (bicyclic) bond motifs is 1. The van der Waals surface area contributed by atoms with Gasteiger partial charge in [0.1, 0.15) is 11.4 Å². The summed E-state index contributed by atoms with van der Waals surface area (Å²) in [5.74, 6) is 0. The summed E-state index contributed by atoms with van der Waals surface area (Å²) < 4.78 is 40.3. The number of aromatic nitrogens is 2. The Morgan fingerprint density at radius 2 is 1.85 bits per heavy atom. The van der Waals surface area contributed by atoms with Gasteiger partial charge in [0.05, 0.1) is 12.1 Å². The van der Waals surface area contributed by atoms with E-state index in [0.29, 0.717) is 36.9 Å². The number of piperazine rings is 1. The van der Waals surface area contributed by atoms with Crippen LogP contribution < -0.4 is 0 Å². The summed E-state index contributed by atoms with van der Waals surface area (Å²) in [4.78, 5) is 19.5. The summed E-state index contributed by atoms with van der Waals surface area (Å²) in [5, 5.41) is 7.38. The van der Waals surface area contributed by atoms with E-state index >= 15 is 0 Å². The molecular formula is C24H28ClF3N4O2. The Morgan fingerprint density at radius 1 is 1.18 bits per heavy atom. The first-order valence-electron chi connectivity index (χ1n) is 10.9. The molecule has 0 radical (unpaired) electrons. The van der Waals surface area contributed by atoms with Crippen molar-refractivity contribution in [3.05, 3.63) is 58.6 Å². The topological polar surface area (TPSA) is 61.1 Å². The third-order valence-corrected chi connectivity index (χ3v) is 6.42. The molecule has 1 saturated heterocycles. The second-order valence-electron chi connectivity index (χ2n) is 8.18. The van der Waals surface area contributed by atoms with E-state index < -0.39 is 12.7 Å². The number of carbonyl (C=O) groups excluding carboxylic acids is 1. The lowest BCUT2D eigenvalue weighted by Gasteiger charge is -2.39. The van der Waals surface area contributed by atoms with Gasteiger partial charge >= 0.3 is 6.18 Å². The number of aliphatic hydroxyl groups is 1. The Morgan fingerprint density at radius 3 is 2.44 bits per heavy atom. The Hall–Kier alpha value is -2.46. The van der Waals surface area contributed by atoms with E-state index in [-0.39, 0.29) is 6.04 Å². The van der Waals surface area contributed by atoms with Gasteiger partial charge in [0.2, 0.25) is 0 Å².